The Balaban J connectivity index is 1.68. The fourth-order valence-corrected chi connectivity index (χ4v) is 3.33. The van der Waals surface area contributed by atoms with Gasteiger partial charge in [0.15, 0.2) is 0 Å². The van der Waals surface area contributed by atoms with Gasteiger partial charge in [0.05, 0.1) is 10.6 Å². The van der Waals surface area contributed by atoms with Crippen LogP contribution >= 0.6 is 11.6 Å². The van der Waals surface area contributed by atoms with Crippen molar-refractivity contribution in [2.24, 2.45) is 0 Å². The molecule has 0 aromatic heterocycles. The molecule has 0 spiro atoms. The zero-order valence-electron chi connectivity index (χ0n) is 16.2. The van der Waals surface area contributed by atoms with Gasteiger partial charge < -0.3 is 20.4 Å². The highest BCUT2D eigenvalue weighted by atomic mass is 35.5. The highest BCUT2D eigenvalue weighted by Gasteiger charge is 2.15. The van der Waals surface area contributed by atoms with Crippen molar-refractivity contribution in [1.82, 2.24) is 10.2 Å². The SMILES string of the molecule is CCNC(=O)c1cc(NC(=O)c2ccc(N3CCN(C)CC3)cc2)ccc1Cl. The van der Waals surface area contributed by atoms with Crippen LogP contribution in [-0.4, -0.2) is 56.5 Å². The van der Waals surface area contributed by atoms with Crippen LogP contribution in [0.4, 0.5) is 11.4 Å². The highest BCUT2D eigenvalue weighted by Crippen LogP contribution is 2.22. The van der Waals surface area contributed by atoms with Gasteiger partial charge in [-0.2, -0.15) is 0 Å². The number of carbonyl (C=O) groups is 2. The minimum absolute atomic E-state index is 0.228. The van der Waals surface area contributed by atoms with Crippen molar-refractivity contribution in [2.45, 2.75) is 6.92 Å². The quantitative estimate of drug-likeness (QED) is 0.809. The second kappa shape index (κ2) is 9.08. The number of nitrogens with zero attached hydrogens (tertiary/aromatic N) is 2. The van der Waals surface area contributed by atoms with E-state index in [9.17, 15) is 9.59 Å². The minimum atomic E-state index is -0.264. The van der Waals surface area contributed by atoms with Crippen LogP contribution in [0.5, 0.6) is 0 Å². The number of amides is 2. The molecule has 148 valence electrons. The van der Waals surface area contributed by atoms with E-state index in [2.05, 4.69) is 27.5 Å². The van der Waals surface area contributed by atoms with Gasteiger partial charge in [0, 0.05) is 49.7 Å². The molecule has 0 unspecified atom stereocenters. The second-order valence-corrected chi connectivity index (χ2v) is 7.25. The lowest BCUT2D eigenvalue weighted by Gasteiger charge is -2.34. The van der Waals surface area contributed by atoms with Gasteiger partial charge in [-0.1, -0.05) is 11.6 Å². The third-order valence-electron chi connectivity index (χ3n) is 4.80. The number of nitrogens with one attached hydrogen (secondary N) is 2. The number of benzene rings is 2. The summed E-state index contributed by atoms with van der Waals surface area (Å²) in [6.07, 6.45) is 0. The van der Waals surface area contributed by atoms with Crippen LogP contribution in [0.15, 0.2) is 42.5 Å². The smallest absolute Gasteiger partial charge is 0.255 e. The molecular weight excluding hydrogens is 376 g/mol. The number of anilines is 2. The van der Waals surface area contributed by atoms with Crippen molar-refractivity contribution in [1.29, 1.82) is 0 Å². The van der Waals surface area contributed by atoms with E-state index < -0.39 is 0 Å². The predicted octanol–water partition coefficient (Wildman–Crippen LogP) is 3.09. The van der Waals surface area contributed by atoms with Crippen LogP contribution in [0.3, 0.4) is 0 Å². The van der Waals surface area contributed by atoms with E-state index in [0.717, 1.165) is 31.9 Å². The molecule has 1 heterocycles. The molecule has 6 nitrogen and oxygen atoms in total. The largest absolute Gasteiger partial charge is 0.369 e. The summed E-state index contributed by atoms with van der Waals surface area (Å²) >= 11 is 6.10. The van der Waals surface area contributed by atoms with E-state index in [1.54, 1.807) is 18.2 Å². The average molecular weight is 401 g/mol. The lowest BCUT2D eigenvalue weighted by Crippen LogP contribution is -2.44. The number of piperazine rings is 1. The summed E-state index contributed by atoms with van der Waals surface area (Å²) in [4.78, 5) is 29.3. The molecule has 1 fully saturated rings. The topological polar surface area (TPSA) is 64.7 Å². The van der Waals surface area contributed by atoms with Gasteiger partial charge in [-0.15, -0.1) is 0 Å². The fourth-order valence-electron chi connectivity index (χ4n) is 3.12. The lowest BCUT2D eigenvalue weighted by molar-refractivity contribution is 0.0954. The number of hydrogen-bond acceptors (Lipinski definition) is 4. The third kappa shape index (κ3) is 4.82. The van der Waals surface area contributed by atoms with Crippen LogP contribution in [0.25, 0.3) is 0 Å². The summed E-state index contributed by atoms with van der Waals surface area (Å²) in [5.74, 6) is -0.491. The first kappa shape index (κ1) is 20.2. The van der Waals surface area contributed by atoms with Crippen molar-refractivity contribution >= 4 is 34.8 Å². The lowest BCUT2D eigenvalue weighted by atomic mass is 10.1. The molecule has 0 aliphatic carbocycles. The van der Waals surface area contributed by atoms with E-state index in [4.69, 9.17) is 11.6 Å². The Morgan fingerprint density at radius 1 is 1.00 bits per heavy atom. The molecule has 0 radical (unpaired) electrons. The first-order valence-electron chi connectivity index (χ1n) is 9.40. The van der Waals surface area contributed by atoms with Crippen molar-refractivity contribution in [3.63, 3.8) is 0 Å². The maximum atomic E-state index is 12.6. The fraction of sp³-hybridized carbons (Fsp3) is 0.333. The van der Waals surface area contributed by atoms with Gasteiger partial charge in [-0.05, 0) is 56.4 Å². The maximum Gasteiger partial charge on any atom is 0.255 e. The van der Waals surface area contributed by atoms with Crippen LogP contribution in [0, 0.1) is 0 Å². The van der Waals surface area contributed by atoms with Gasteiger partial charge in [-0.3, -0.25) is 9.59 Å². The van der Waals surface area contributed by atoms with E-state index >= 15 is 0 Å². The summed E-state index contributed by atoms with van der Waals surface area (Å²) in [7, 11) is 2.12. The molecule has 0 bridgehead atoms. The molecule has 1 aliphatic rings. The van der Waals surface area contributed by atoms with Gasteiger partial charge in [0.1, 0.15) is 0 Å². The summed E-state index contributed by atoms with van der Waals surface area (Å²) in [5, 5.41) is 5.89. The van der Waals surface area contributed by atoms with Crippen LogP contribution in [0.2, 0.25) is 5.02 Å². The summed E-state index contributed by atoms with van der Waals surface area (Å²) in [6, 6.07) is 12.5. The number of likely N-dealkylation sites (N-methyl/N-ethyl adjacent to an activating group) is 1. The normalized spacial score (nSPS) is 14.6. The van der Waals surface area contributed by atoms with E-state index in [1.165, 1.54) is 0 Å². The molecule has 1 aliphatic heterocycles. The van der Waals surface area contributed by atoms with Crippen LogP contribution < -0.4 is 15.5 Å². The molecule has 0 saturated carbocycles. The number of hydrogen-bond donors (Lipinski definition) is 2. The summed E-state index contributed by atoms with van der Waals surface area (Å²) in [5.41, 5.74) is 2.55. The number of rotatable bonds is 5. The summed E-state index contributed by atoms with van der Waals surface area (Å²) < 4.78 is 0. The number of halogens is 1. The first-order chi connectivity index (χ1) is 13.5. The Morgan fingerprint density at radius 2 is 1.68 bits per heavy atom. The zero-order chi connectivity index (χ0) is 20.1. The molecule has 2 N–H and O–H groups in total. The second-order valence-electron chi connectivity index (χ2n) is 6.85. The molecule has 0 atom stereocenters. The molecule has 2 aromatic carbocycles. The Hall–Kier alpha value is -2.57. The van der Waals surface area contributed by atoms with Crippen molar-refractivity contribution in [2.75, 3.05) is 50.0 Å². The van der Waals surface area contributed by atoms with E-state index in [-0.39, 0.29) is 11.8 Å². The van der Waals surface area contributed by atoms with Gasteiger partial charge in [0.2, 0.25) is 0 Å². The Bertz CT molecular complexity index is 846. The minimum Gasteiger partial charge on any atom is -0.369 e. The third-order valence-corrected chi connectivity index (χ3v) is 5.13. The highest BCUT2D eigenvalue weighted by molar-refractivity contribution is 6.34. The zero-order valence-corrected chi connectivity index (χ0v) is 16.9. The molecule has 28 heavy (non-hydrogen) atoms. The van der Waals surface area contributed by atoms with Crippen molar-refractivity contribution < 1.29 is 9.59 Å². The van der Waals surface area contributed by atoms with Crippen LogP contribution in [0.1, 0.15) is 27.6 Å². The maximum absolute atomic E-state index is 12.6. The molecule has 7 heteroatoms. The predicted molar refractivity (Wildman–Crippen MR) is 114 cm³/mol. The van der Waals surface area contributed by atoms with Crippen molar-refractivity contribution in [3.8, 4) is 0 Å². The monoisotopic (exact) mass is 400 g/mol. The van der Waals surface area contributed by atoms with Crippen LogP contribution in [-0.2, 0) is 0 Å². The summed E-state index contributed by atoms with van der Waals surface area (Å²) in [6.45, 7) is 6.37. The van der Waals surface area contributed by atoms with Gasteiger partial charge >= 0.3 is 0 Å². The molecule has 2 amide bonds. The average Bonchev–Trinajstić information content (AvgIpc) is 2.70. The Labute approximate surface area is 170 Å². The molecule has 1 saturated heterocycles. The molecular formula is C21H25ClN4O2. The Morgan fingerprint density at radius 3 is 2.32 bits per heavy atom. The van der Waals surface area contributed by atoms with Crippen molar-refractivity contribution in [3.05, 3.63) is 58.6 Å². The van der Waals surface area contributed by atoms with E-state index in [1.807, 2.05) is 31.2 Å². The molecule has 2 aromatic rings. The van der Waals surface area contributed by atoms with Gasteiger partial charge in [-0.25, -0.2) is 0 Å². The number of carbonyl (C=O) groups excluding carboxylic acids is 2. The standard InChI is InChI=1S/C21H25ClN4O2/c1-3-23-21(28)18-14-16(6-9-19(18)22)24-20(27)15-4-7-17(8-5-15)26-12-10-25(2)11-13-26/h4-9,14H,3,10-13H2,1-2H3,(H,23,28)(H,24,27). The van der Waals surface area contributed by atoms with E-state index in [0.29, 0.717) is 28.4 Å². The first-order valence-corrected chi connectivity index (χ1v) is 9.78. The molecule has 3 rings (SSSR count). The Kier molecular flexibility index (Phi) is 6.54. The van der Waals surface area contributed by atoms with Gasteiger partial charge in [0.25, 0.3) is 11.8 Å².